The van der Waals surface area contributed by atoms with E-state index in [2.05, 4.69) is 280 Å². The summed E-state index contributed by atoms with van der Waals surface area (Å²) in [7, 11) is 0. The van der Waals surface area contributed by atoms with Crippen LogP contribution >= 0.6 is 45.3 Å². The number of para-hydroxylation sites is 4. The molecule has 0 aliphatic rings. The number of hydrogen-bond donors (Lipinski definition) is 0. The molecule has 4 unspecified atom stereocenters. The van der Waals surface area contributed by atoms with Gasteiger partial charge in [0.25, 0.3) is 0 Å². The molecule has 0 saturated carbocycles. The minimum absolute atomic E-state index is 0.638. The Morgan fingerprint density at radius 1 is 0.240 bits per heavy atom. The van der Waals surface area contributed by atoms with Crippen LogP contribution in [-0.2, 0) is 26.2 Å². The maximum atomic E-state index is 2.65. The van der Waals surface area contributed by atoms with Gasteiger partial charge in [0.2, 0.25) is 0 Å². The summed E-state index contributed by atoms with van der Waals surface area (Å²) in [6, 6.07) is 81.1. The average molecular weight is 1440 g/mol. The third-order valence-electron chi connectivity index (χ3n) is 23.6. The second-order valence-electron chi connectivity index (χ2n) is 30.1. The quantitative estimate of drug-likeness (QED) is 0.0413. The zero-order chi connectivity index (χ0) is 71.0. The summed E-state index contributed by atoms with van der Waals surface area (Å²) >= 11 is 7.89. The molecule has 530 valence electrons. The molecule has 4 nitrogen and oxygen atoms in total. The first-order chi connectivity index (χ1) is 51.2. The summed E-state index contributed by atoms with van der Waals surface area (Å²) in [5.41, 5.74) is 18.5. The molecule has 0 N–H and O–H groups in total. The smallest absolute Gasteiger partial charge is 0.0542 e. The fourth-order valence-corrected chi connectivity index (χ4v) is 22.0. The summed E-state index contributed by atoms with van der Waals surface area (Å²) in [6.07, 6.45) is 19.9. The molecule has 8 aromatic carbocycles. The Bertz CT molecular complexity index is 5350. The standard InChI is InChI=1S/C96H102N4S4/c1-9-17-29-63(13-5)59-97-81-37-25-21-33-71(81)75-53-67(41-45-85(75)97)89-49-51-91(101-89)79-57-93(69-43-47-87-77(55-69)73-35-23-27-39-83(73)99(87)61-65(15-7)31-19-11-3)103-95(79)96-80(58-94(104-96)70-44-48-88-78(56-70)74-36-24-28-40-84(74)100(88)62-66(16-8)32-20-12-4)92-52-50-90(102-92)68-42-46-86-76(54-68)72-34-22-26-38-82(72)98(86)60-64(14-6)30-18-10-2/h21-28,33-58,63-66H,9-20,29-32,59-62H2,1-8H3. The number of unbranched alkanes of at least 4 members (excludes halogenated alkanes) is 4. The highest BCUT2D eigenvalue weighted by molar-refractivity contribution is 7.27. The van der Waals surface area contributed by atoms with Crippen LogP contribution < -0.4 is 0 Å². The monoisotopic (exact) mass is 1440 g/mol. The summed E-state index contributed by atoms with van der Waals surface area (Å²) < 4.78 is 10.6. The molecular formula is C96H102N4S4. The van der Waals surface area contributed by atoms with Gasteiger partial charge in [0.1, 0.15) is 0 Å². The lowest BCUT2D eigenvalue weighted by Gasteiger charge is -2.17. The Morgan fingerprint density at radius 2 is 0.490 bits per heavy atom. The molecule has 8 heteroatoms. The van der Waals surface area contributed by atoms with Crippen LogP contribution in [0.1, 0.15) is 158 Å². The van der Waals surface area contributed by atoms with E-state index in [1.54, 1.807) is 0 Å². The Balaban J connectivity index is 0.870. The molecule has 0 amide bonds. The molecule has 0 bridgehead atoms. The van der Waals surface area contributed by atoms with Gasteiger partial charge in [0, 0.05) is 154 Å². The van der Waals surface area contributed by atoms with Crippen LogP contribution in [0.5, 0.6) is 0 Å². The SMILES string of the molecule is CCCCC(CC)Cn1c2ccccc2c2cc(-c3ccc(-c4cc(-c5ccc6c(c5)c5ccccc5n6CC(CC)CCCC)sc4-c4sc(-c5ccc6c(c5)c5ccccc5n6CC(CC)CCCC)cc4-c4ccc(-c5ccc6c(c5)c5ccccc5n6CC(CC)CCCC)s4)s3)ccc21. The number of nitrogens with zero attached hydrogens (tertiary/aromatic N) is 4. The van der Waals surface area contributed by atoms with E-state index in [1.807, 2.05) is 45.3 Å². The third kappa shape index (κ3) is 13.4. The van der Waals surface area contributed by atoms with Crippen molar-refractivity contribution in [3.8, 4) is 72.4 Å². The van der Waals surface area contributed by atoms with Crippen LogP contribution in [0.4, 0.5) is 0 Å². The van der Waals surface area contributed by atoms with Crippen molar-refractivity contribution in [1.82, 2.24) is 18.3 Å². The average Bonchev–Trinajstić information content (AvgIpc) is 1.59. The zero-order valence-corrected chi connectivity index (χ0v) is 65.8. The van der Waals surface area contributed by atoms with E-state index < -0.39 is 0 Å². The van der Waals surface area contributed by atoms with Crippen molar-refractivity contribution >= 4 is 133 Å². The van der Waals surface area contributed by atoms with Gasteiger partial charge in [-0.3, -0.25) is 0 Å². The first kappa shape index (κ1) is 70.1. The van der Waals surface area contributed by atoms with Crippen LogP contribution in [0.15, 0.2) is 206 Å². The van der Waals surface area contributed by atoms with Gasteiger partial charge >= 0.3 is 0 Å². The number of benzene rings is 8. The second kappa shape index (κ2) is 31.1. The lowest BCUT2D eigenvalue weighted by Crippen LogP contribution is -2.10. The van der Waals surface area contributed by atoms with Crippen LogP contribution in [-0.4, -0.2) is 18.3 Å². The van der Waals surface area contributed by atoms with E-state index in [9.17, 15) is 0 Å². The fraction of sp³-hybridized carbons (Fsp3) is 0.333. The number of hydrogen-bond acceptors (Lipinski definition) is 4. The number of thiophene rings is 4. The van der Waals surface area contributed by atoms with Gasteiger partial charge in [-0.15, -0.1) is 45.3 Å². The van der Waals surface area contributed by atoms with E-state index in [1.165, 1.54) is 262 Å². The molecule has 0 radical (unpaired) electrons. The highest BCUT2D eigenvalue weighted by Gasteiger charge is 2.27. The molecule has 16 rings (SSSR count). The van der Waals surface area contributed by atoms with Gasteiger partial charge in [-0.05, 0) is 181 Å². The normalized spacial score (nSPS) is 13.4. The largest absolute Gasteiger partial charge is 0.340 e. The highest BCUT2D eigenvalue weighted by Crippen LogP contribution is 2.55. The van der Waals surface area contributed by atoms with Crippen molar-refractivity contribution < 1.29 is 0 Å². The molecule has 4 atom stereocenters. The van der Waals surface area contributed by atoms with Gasteiger partial charge in [-0.2, -0.15) is 0 Å². The molecule has 8 aromatic heterocycles. The first-order valence-electron chi connectivity index (χ1n) is 39.7. The highest BCUT2D eigenvalue weighted by atomic mass is 32.1. The van der Waals surface area contributed by atoms with Crippen molar-refractivity contribution in [2.45, 2.75) is 184 Å². The summed E-state index contributed by atoms with van der Waals surface area (Å²) in [4.78, 5) is 10.4. The summed E-state index contributed by atoms with van der Waals surface area (Å²) in [6.45, 7) is 23.0. The van der Waals surface area contributed by atoms with Gasteiger partial charge < -0.3 is 18.3 Å². The van der Waals surface area contributed by atoms with Gasteiger partial charge in [0.05, 0.1) is 9.75 Å². The lowest BCUT2D eigenvalue weighted by molar-refractivity contribution is 0.401. The topological polar surface area (TPSA) is 19.7 Å². The van der Waals surface area contributed by atoms with Crippen molar-refractivity contribution in [3.05, 3.63) is 206 Å². The van der Waals surface area contributed by atoms with E-state index in [-0.39, 0.29) is 0 Å². The number of aromatic nitrogens is 4. The van der Waals surface area contributed by atoms with E-state index in [0.717, 1.165) is 26.2 Å². The van der Waals surface area contributed by atoms with Crippen LogP contribution in [0.25, 0.3) is 160 Å². The molecule has 0 spiro atoms. The van der Waals surface area contributed by atoms with Crippen LogP contribution in [0, 0.1) is 23.7 Å². The first-order valence-corrected chi connectivity index (χ1v) is 43.0. The van der Waals surface area contributed by atoms with Crippen molar-refractivity contribution in [2.24, 2.45) is 23.7 Å². The zero-order valence-electron chi connectivity index (χ0n) is 62.5. The fourth-order valence-electron chi connectivity index (χ4n) is 17.4. The molecule has 8 heterocycles. The molecule has 0 aliphatic carbocycles. The summed E-state index contributed by atoms with van der Waals surface area (Å²) in [5, 5.41) is 10.8. The molecule has 0 aliphatic heterocycles. The van der Waals surface area contributed by atoms with Crippen molar-refractivity contribution in [1.29, 1.82) is 0 Å². The lowest BCUT2D eigenvalue weighted by atomic mass is 9.99. The van der Waals surface area contributed by atoms with Crippen LogP contribution in [0.3, 0.4) is 0 Å². The minimum Gasteiger partial charge on any atom is -0.340 e. The predicted octanol–water partition coefficient (Wildman–Crippen LogP) is 30.9. The Kier molecular flexibility index (Phi) is 20.9. The number of rotatable bonds is 31. The van der Waals surface area contributed by atoms with Gasteiger partial charge in [0.15, 0.2) is 0 Å². The van der Waals surface area contributed by atoms with Gasteiger partial charge in [-0.1, -0.05) is 230 Å². The molecular weight excluding hydrogens is 1340 g/mol. The maximum Gasteiger partial charge on any atom is 0.0542 e. The van der Waals surface area contributed by atoms with Crippen molar-refractivity contribution in [3.63, 3.8) is 0 Å². The van der Waals surface area contributed by atoms with E-state index in [0.29, 0.717) is 23.7 Å². The van der Waals surface area contributed by atoms with Crippen molar-refractivity contribution in [2.75, 3.05) is 0 Å². The molecule has 0 saturated heterocycles. The molecule has 104 heavy (non-hydrogen) atoms. The minimum atomic E-state index is 0.638. The van der Waals surface area contributed by atoms with E-state index >= 15 is 0 Å². The van der Waals surface area contributed by atoms with Crippen LogP contribution in [0.2, 0.25) is 0 Å². The third-order valence-corrected chi connectivity index (χ3v) is 28.4. The molecule has 0 fully saturated rings. The molecule has 16 aromatic rings. The second-order valence-corrected chi connectivity index (χ2v) is 34.4. The number of fused-ring (bicyclic) bond motifs is 12. The Labute approximate surface area is 632 Å². The summed E-state index contributed by atoms with van der Waals surface area (Å²) in [5.74, 6) is 2.58. The van der Waals surface area contributed by atoms with E-state index in [4.69, 9.17) is 0 Å². The Hall–Kier alpha value is -8.24. The predicted molar refractivity (Wildman–Crippen MR) is 461 cm³/mol. The maximum absolute atomic E-state index is 2.65. The Morgan fingerprint density at radius 3 is 0.760 bits per heavy atom. The van der Waals surface area contributed by atoms with Gasteiger partial charge in [-0.25, -0.2) is 0 Å².